The molecule has 27 heavy (non-hydrogen) atoms. The number of para-hydroxylation sites is 1. The van der Waals surface area contributed by atoms with Crippen molar-refractivity contribution in [3.63, 3.8) is 0 Å². The summed E-state index contributed by atoms with van der Waals surface area (Å²) in [5.74, 6) is 0. The maximum Gasteiger partial charge on any atom is 0.257 e. The van der Waals surface area contributed by atoms with Crippen molar-refractivity contribution in [2.24, 2.45) is 0 Å². The summed E-state index contributed by atoms with van der Waals surface area (Å²) in [5.41, 5.74) is 4.76. The Hall–Kier alpha value is -2.83. The molecule has 0 fully saturated rings. The fourth-order valence-corrected chi connectivity index (χ4v) is 3.95. The van der Waals surface area contributed by atoms with Gasteiger partial charge in [-0.2, -0.15) is 0 Å². The molecule has 2 aromatic heterocycles. The Morgan fingerprint density at radius 3 is 2.81 bits per heavy atom. The molecule has 3 aromatic rings. The minimum atomic E-state index is -1.37. The molecule has 1 aliphatic heterocycles. The Kier molecular flexibility index (Phi) is 4.37. The second-order valence-corrected chi connectivity index (χ2v) is 6.66. The van der Waals surface area contributed by atoms with E-state index in [1.165, 1.54) is 12.7 Å². The SMILES string of the molecule is CCc1c2c(nc3ccccc13)-c1cc(C(O)C=O)c(COC)c(=O)n1C2. The van der Waals surface area contributed by atoms with Gasteiger partial charge in [-0.3, -0.25) is 4.79 Å². The molecular formula is C21H20N2O4. The number of carbonyl (C=O) groups is 1. The highest BCUT2D eigenvalue weighted by Gasteiger charge is 2.28. The molecule has 1 unspecified atom stereocenters. The van der Waals surface area contributed by atoms with Crippen molar-refractivity contribution in [1.29, 1.82) is 0 Å². The lowest BCUT2D eigenvalue weighted by molar-refractivity contribution is -0.115. The molecule has 0 saturated heterocycles. The zero-order valence-corrected chi connectivity index (χ0v) is 15.2. The highest BCUT2D eigenvalue weighted by atomic mass is 16.5. The van der Waals surface area contributed by atoms with Crippen LogP contribution in [0, 0.1) is 0 Å². The van der Waals surface area contributed by atoms with Gasteiger partial charge in [-0.1, -0.05) is 25.1 Å². The zero-order valence-electron chi connectivity index (χ0n) is 15.2. The van der Waals surface area contributed by atoms with Crippen molar-refractivity contribution in [2.45, 2.75) is 32.6 Å². The maximum atomic E-state index is 13.1. The van der Waals surface area contributed by atoms with Crippen LogP contribution >= 0.6 is 0 Å². The van der Waals surface area contributed by atoms with Gasteiger partial charge in [0.25, 0.3) is 5.56 Å². The lowest BCUT2D eigenvalue weighted by atomic mass is 9.98. The molecule has 6 nitrogen and oxygen atoms in total. The first-order valence-corrected chi connectivity index (χ1v) is 8.90. The number of aryl methyl sites for hydroxylation is 1. The molecule has 4 rings (SSSR count). The van der Waals surface area contributed by atoms with Gasteiger partial charge >= 0.3 is 0 Å². The van der Waals surface area contributed by atoms with Gasteiger partial charge in [-0.25, -0.2) is 4.98 Å². The smallest absolute Gasteiger partial charge is 0.257 e. The van der Waals surface area contributed by atoms with E-state index in [4.69, 9.17) is 9.72 Å². The van der Waals surface area contributed by atoms with Gasteiger partial charge in [-0.15, -0.1) is 0 Å². The molecule has 1 atom stereocenters. The van der Waals surface area contributed by atoms with E-state index in [2.05, 4.69) is 6.92 Å². The summed E-state index contributed by atoms with van der Waals surface area (Å²) >= 11 is 0. The molecule has 0 saturated carbocycles. The molecule has 3 heterocycles. The lowest BCUT2D eigenvalue weighted by Crippen LogP contribution is -2.26. The summed E-state index contributed by atoms with van der Waals surface area (Å²) in [6.07, 6.45) is -0.126. The third-order valence-electron chi connectivity index (χ3n) is 5.19. The number of hydrogen-bond donors (Lipinski definition) is 1. The maximum absolute atomic E-state index is 13.1. The molecule has 0 spiro atoms. The molecule has 1 aromatic carbocycles. The highest BCUT2D eigenvalue weighted by Crippen LogP contribution is 2.36. The number of rotatable bonds is 5. The van der Waals surface area contributed by atoms with Gasteiger partial charge in [0.2, 0.25) is 0 Å². The van der Waals surface area contributed by atoms with Gasteiger partial charge in [0.15, 0.2) is 6.29 Å². The number of aliphatic hydroxyl groups excluding tert-OH is 1. The number of pyridine rings is 2. The van der Waals surface area contributed by atoms with Crippen LogP contribution in [0.25, 0.3) is 22.3 Å². The summed E-state index contributed by atoms with van der Waals surface area (Å²) in [4.78, 5) is 29.0. The van der Waals surface area contributed by atoms with Crippen LogP contribution in [0.3, 0.4) is 0 Å². The average molecular weight is 364 g/mol. The summed E-state index contributed by atoms with van der Waals surface area (Å²) in [6.45, 7) is 2.55. The fraction of sp³-hybridized carbons (Fsp3) is 0.286. The number of aldehydes is 1. The summed E-state index contributed by atoms with van der Waals surface area (Å²) in [7, 11) is 1.48. The Morgan fingerprint density at radius 2 is 2.11 bits per heavy atom. The third kappa shape index (κ3) is 2.60. The van der Waals surface area contributed by atoms with Crippen molar-refractivity contribution < 1.29 is 14.6 Å². The number of hydrogen-bond acceptors (Lipinski definition) is 5. The Morgan fingerprint density at radius 1 is 1.33 bits per heavy atom. The quantitative estimate of drug-likeness (QED) is 0.550. The Balaban J connectivity index is 2.04. The molecule has 6 heteroatoms. The minimum Gasteiger partial charge on any atom is -0.381 e. The van der Waals surface area contributed by atoms with Gasteiger partial charge in [-0.05, 0) is 24.1 Å². The van der Waals surface area contributed by atoms with Crippen LogP contribution in [-0.4, -0.2) is 28.1 Å². The summed E-state index contributed by atoms with van der Waals surface area (Å²) in [6, 6.07) is 9.62. The zero-order chi connectivity index (χ0) is 19.1. The van der Waals surface area contributed by atoms with Crippen molar-refractivity contribution in [3.05, 3.63) is 62.9 Å². The Bertz CT molecular complexity index is 1120. The first-order valence-electron chi connectivity index (χ1n) is 8.90. The monoisotopic (exact) mass is 364 g/mol. The van der Waals surface area contributed by atoms with Crippen LogP contribution < -0.4 is 5.56 Å². The van der Waals surface area contributed by atoms with Crippen molar-refractivity contribution in [1.82, 2.24) is 9.55 Å². The van der Waals surface area contributed by atoms with Crippen molar-refractivity contribution >= 4 is 17.2 Å². The third-order valence-corrected chi connectivity index (χ3v) is 5.19. The topological polar surface area (TPSA) is 81.4 Å². The first kappa shape index (κ1) is 17.6. The van der Waals surface area contributed by atoms with E-state index in [0.29, 0.717) is 24.1 Å². The molecule has 0 radical (unpaired) electrons. The van der Waals surface area contributed by atoms with Crippen LogP contribution in [0.5, 0.6) is 0 Å². The van der Waals surface area contributed by atoms with E-state index in [-0.39, 0.29) is 17.7 Å². The highest BCUT2D eigenvalue weighted by molar-refractivity contribution is 5.88. The van der Waals surface area contributed by atoms with Crippen LogP contribution in [0.1, 0.15) is 35.3 Å². The van der Waals surface area contributed by atoms with Crippen LogP contribution in [0.15, 0.2) is 35.1 Å². The number of benzene rings is 1. The van der Waals surface area contributed by atoms with Crippen LogP contribution in [0.2, 0.25) is 0 Å². The number of fused-ring (bicyclic) bond motifs is 4. The average Bonchev–Trinajstić information content (AvgIpc) is 3.06. The standard InChI is InChI=1S/C21H20N2O4/c1-3-12-13-6-4-5-7-17(13)22-20-15(12)9-23-18(20)8-14(19(25)10-24)16(11-27-2)21(23)26/h4-8,10,19,25H,3,9,11H2,1-2H3. The molecule has 0 bridgehead atoms. The van der Waals surface area contributed by atoms with Gasteiger partial charge in [0.05, 0.1) is 30.1 Å². The largest absolute Gasteiger partial charge is 0.381 e. The summed E-state index contributed by atoms with van der Waals surface area (Å²) in [5, 5.41) is 11.2. The lowest BCUT2D eigenvalue weighted by Gasteiger charge is -2.14. The molecule has 1 N–H and O–H groups in total. The number of carbonyl (C=O) groups excluding carboxylic acids is 1. The van der Waals surface area contributed by atoms with Gasteiger partial charge in [0.1, 0.15) is 6.10 Å². The molecular weight excluding hydrogens is 344 g/mol. The first-order chi connectivity index (χ1) is 13.1. The van der Waals surface area contributed by atoms with E-state index in [9.17, 15) is 14.7 Å². The predicted octanol–water partition coefficient (Wildman–Crippen LogP) is 2.37. The van der Waals surface area contributed by atoms with E-state index in [0.717, 1.165) is 28.6 Å². The second-order valence-electron chi connectivity index (χ2n) is 6.66. The normalized spacial score (nSPS) is 13.4. The fourth-order valence-electron chi connectivity index (χ4n) is 3.95. The van der Waals surface area contributed by atoms with E-state index < -0.39 is 6.10 Å². The van der Waals surface area contributed by atoms with E-state index in [1.807, 2.05) is 24.3 Å². The number of methoxy groups -OCH3 is 1. The molecule has 0 aliphatic carbocycles. The minimum absolute atomic E-state index is 0.0335. The van der Waals surface area contributed by atoms with Gasteiger partial charge in [0, 0.05) is 29.2 Å². The molecule has 138 valence electrons. The second kappa shape index (κ2) is 6.72. The predicted molar refractivity (Wildman–Crippen MR) is 102 cm³/mol. The Labute approximate surface area is 156 Å². The van der Waals surface area contributed by atoms with Crippen molar-refractivity contribution in [2.75, 3.05) is 7.11 Å². The number of ether oxygens (including phenoxy) is 1. The van der Waals surface area contributed by atoms with Crippen molar-refractivity contribution in [3.8, 4) is 11.4 Å². The van der Waals surface area contributed by atoms with E-state index in [1.54, 1.807) is 10.6 Å². The van der Waals surface area contributed by atoms with Gasteiger partial charge < -0.3 is 19.2 Å². The number of nitrogens with zero attached hydrogens (tertiary/aromatic N) is 2. The summed E-state index contributed by atoms with van der Waals surface area (Å²) < 4.78 is 6.79. The molecule has 1 aliphatic rings. The number of aliphatic hydroxyl groups is 1. The van der Waals surface area contributed by atoms with Crippen LogP contribution in [-0.2, 0) is 29.1 Å². The van der Waals surface area contributed by atoms with E-state index >= 15 is 0 Å². The molecule has 0 amide bonds. The van der Waals surface area contributed by atoms with Crippen LogP contribution in [0.4, 0.5) is 0 Å². The number of aromatic nitrogens is 2.